The molecule has 0 aliphatic rings. The molecule has 0 heterocycles. The van der Waals surface area contributed by atoms with E-state index in [9.17, 15) is 13.2 Å². The van der Waals surface area contributed by atoms with Gasteiger partial charge in [-0.3, -0.25) is 9.10 Å². The molecule has 0 saturated heterocycles. The maximum atomic E-state index is 13.5. The predicted octanol–water partition coefficient (Wildman–Crippen LogP) is 3.37. The third kappa shape index (κ3) is 6.10. The van der Waals surface area contributed by atoms with Crippen LogP contribution < -0.4 is 23.9 Å². The van der Waals surface area contributed by atoms with Crippen molar-refractivity contribution < 1.29 is 27.4 Å². The number of para-hydroxylation sites is 1. The quantitative estimate of drug-likeness (QED) is 0.340. The molecule has 3 aromatic carbocycles. The molecule has 0 spiro atoms. The van der Waals surface area contributed by atoms with E-state index in [2.05, 4.69) is 10.5 Å². The number of hydrazone groups is 1. The van der Waals surface area contributed by atoms with Gasteiger partial charge in [-0.05, 0) is 43.3 Å². The fourth-order valence-corrected chi connectivity index (χ4v) is 4.68. The number of hydrogen-bond acceptors (Lipinski definition) is 7. The molecule has 10 heteroatoms. The number of carbonyl (C=O) groups is 1. The summed E-state index contributed by atoms with van der Waals surface area (Å²) in [5.74, 6) is 0.779. The Morgan fingerprint density at radius 2 is 1.69 bits per heavy atom. The molecule has 0 unspecified atom stereocenters. The van der Waals surface area contributed by atoms with Gasteiger partial charge in [0.05, 0.1) is 38.1 Å². The summed E-state index contributed by atoms with van der Waals surface area (Å²) in [7, 11) is 0.431. The highest BCUT2D eigenvalue weighted by Crippen LogP contribution is 2.29. The number of nitrogens with zero attached hydrogens (tertiary/aromatic N) is 2. The smallest absolute Gasteiger partial charge is 0.264 e. The van der Waals surface area contributed by atoms with Crippen LogP contribution in [0.5, 0.6) is 17.2 Å². The van der Waals surface area contributed by atoms with E-state index < -0.39 is 22.5 Å². The third-order valence-electron chi connectivity index (χ3n) is 5.06. The van der Waals surface area contributed by atoms with Crippen molar-refractivity contribution in [3.63, 3.8) is 0 Å². The van der Waals surface area contributed by atoms with Gasteiger partial charge in [-0.2, -0.15) is 5.10 Å². The van der Waals surface area contributed by atoms with E-state index in [0.29, 0.717) is 22.8 Å². The second kappa shape index (κ2) is 11.4. The summed E-state index contributed by atoms with van der Waals surface area (Å²) in [5, 5.41) is 3.97. The van der Waals surface area contributed by atoms with E-state index in [0.717, 1.165) is 9.87 Å². The van der Waals surface area contributed by atoms with Gasteiger partial charge in [0.15, 0.2) is 11.5 Å². The molecule has 35 heavy (non-hydrogen) atoms. The zero-order valence-corrected chi connectivity index (χ0v) is 20.7. The van der Waals surface area contributed by atoms with Crippen LogP contribution in [0.1, 0.15) is 11.1 Å². The summed E-state index contributed by atoms with van der Waals surface area (Å²) in [4.78, 5) is 12.8. The second-order valence-corrected chi connectivity index (χ2v) is 9.26. The van der Waals surface area contributed by atoms with Gasteiger partial charge in [0, 0.05) is 11.6 Å². The van der Waals surface area contributed by atoms with E-state index in [4.69, 9.17) is 14.2 Å². The second-order valence-electron chi connectivity index (χ2n) is 7.40. The van der Waals surface area contributed by atoms with Crippen LogP contribution in [0.25, 0.3) is 0 Å². The van der Waals surface area contributed by atoms with Crippen molar-refractivity contribution in [1.29, 1.82) is 0 Å². The Kier molecular flexibility index (Phi) is 8.32. The first kappa shape index (κ1) is 25.6. The number of ether oxygens (including phenoxy) is 3. The lowest BCUT2D eigenvalue weighted by atomic mass is 10.2. The monoisotopic (exact) mass is 497 g/mol. The van der Waals surface area contributed by atoms with Crippen molar-refractivity contribution in [2.75, 3.05) is 32.2 Å². The first-order valence-electron chi connectivity index (χ1n) is 10.6. The van der Waals surface area contributed by atoms with Gasteiger partial charge in [0.25, 0.3) is 15.9 Å². The zero-order valence-electron chi connectivity index (χ0n) is 19.9. The van der Waals surface area contributed by atoms with Crippen molar-refractivity contribution in [2.45, 2.75) is 11.8 Å². The molecular formula is C25H27N3O6S. The fourth-order valence-electron chi connectivity index (χ4n) is 3.27. The summed E-state index contributed by atoms with van der Waals surface area (Å²) >= 11 is 0. The van der Waals surface area contributed by atoms with E-state index in [-0.39, 0.29) is 10.6 Å². The minimum atomic E-state index is -4.06. The number of aryl methyl sites for hydroxylation is 1. The molecule has 3 rings (SSSR count). The fraction of sp³-hybridized carbons (Fsp3) is 0.200. The van der Waals surface area contributed by atoms with E-state index in [1.165, 1.54) is 39.7 Å². The van der Waals surface area contributed by atoms with Gasteiger partial charge in [-0.15, -0.1) is 0 Å². The number of benzene rings is 3. The zero-order chi connectivity index (χ0) is 25.4. The Hall–Kier alpha value is -4.05. The van der Waals surface area contributed by atoms with Crippen LogP contribution in [0.15, 0.2) is 76.7 Å². The molecule has 0 fully saturated rings. The van der Waals surface area contributed by atoms with Crippen molar-refractivity contribution >= 4 is 27.8 Å². The molecule has 184 valence electrons. The van der Waals surface area contributed by atoms with E-state index in [1.54, 1.807) is 54.6 Å². The van der Waals surface area contributed by atoms with E-state index in [1.807, 2.05) is 6.92 Å². The molecule has 0 radical (unpaired) electrons. The van der Waals surface area contributed by atoms with Gasteiger partial charge in [0.2, 0.25) is 0 Å². The number of sulfonamides is 1. The molecule has 0 saturated carbocycles. The predicted molar refractivity (Wildman–Crippen MR) is 134 cm³/mol. The lowest BCUT2D eigenvalue weighted by molar-refractivity contribution is -0.119. The topological polar surface area (TPSA) is 107 Å². The lowest BCUT2D eigenvalue weighted by Gasteiger charge is -2.24. The Morgan fingerprint density at radius 1 is 0.971 bits per heavy atom. The Labute approximate surface area is 205 Å². The molecule has 1 N–H and O–H groups in total. The highest BCUT2D eigenvalue weighted by atomic mass is 32.2. The molecule has 0 atom stereocenters. The molecule has 0 aliphatic carbocycles. The third-order valence-corrected chi connectivity index (χ3v) is 6.85. The molecule has 0 bridgehead atoms. The molecule has 9 nitrogen and oxygen atoms in total. The van der Waals surface area contributed by atoms with Crippen molar-refractivity contribution in [1.82, 2.24) is 5.43 Å². The van der Waals surface area contributed by atoms with Gasteiger partial charge < -0.3 is 14.2 Å². The van der Waals surface area contributed by atoms with Crippen LogP contribution in [0.4, 0.5) is 5.69 Å². The molecule has 1 amide bonds. The van der Waals surface area contributed by atoms with Crippen molar-refractivity contribution in [3.8, 4) is 17.2 Å². The highest BCUT2D eigenvalue weighted by Gasteiger charge is 2.27. The SMILES string of the molecule is COc1cccc(N(CC(=O)N/N=C\c2cccc(OC)c2OC)S(=O)(=O)c2ccc(C)cc2)c1. The van der Waals surface area contributed by atoms with Crippen LogP contribution in [0, 0.1) is 6.92 Å². The Bertz CT molecular complexity index is 1310. The highest BCUT2D eigenvalue weighted by molar-refractivity contribution is 7.92. The average Bonchev–Trinajstić information content (AvgIpc) is 2.87. The van der Waals surface area contributed by atoms with Crippen LogP contribution in [0.2, 0.25) is 0 Å². The maximum absolute atomic E-state index is 13.5. The summed E-state index contributed by atoms with van der Waals surface area (Å²) in [6.45, 7) is 1.36. The van der Waals surface area contributed by atoms with Crippen molar-refractivity contribution in [2.24, 2.45) is 5.10 Å². The molecule has 0 aromatic heterocycles. The van der Waals surface area contributed by atoms with Gasteiger partial charge in [-0.1, -0.05) is 29.8 Å². The average molecular weight is 498 g/mol. The van der Waals surface area contributed by atoms with Gasteiger partial charge in [0.1, 0.15) is 12.3 Å². The van der Waals surface area contributed by atoms with Crippen LogP contribution in [0.3, 0.4) is 0 Å². The lowest BCUT2D eigenvalue weighted by Crippen LogP contribution is -2.39. The molecular weight excluding hydrogens is 470 g/mol. The summed E-state index contributed by atoms with van der Waals surface area (Å²) in [6, 6.07) is 18.1. The minimum absolute atomic E-state index is 0.0586. The number of carbonyl (C=O) groups excluding carboxylic acids is 1. The summed E-state index contributed by atoms with van der Waals surface area (Å²) in [6.07, 6.45) is 1.39. The standard InChI is InChI=1S/C25H27N3O6S/c1-18-11-13-22(14-12-18)35(30,31)28(20-8-6-9-21(15-20)32-2)17-24(29)27-26-16-19-7-5-10-23(33-3)25(19)34-4/h5-16H,17H2,1-4H3,(H,27,29)/b26-16-. The maximum Gasteiger partial charge on any atom is 0.264 e. The van der Waals surface area contributed by atoms with Gasteiger partial charge in [-0.25, -0.2) is 13.8 Å². The van der Waals surface area contributed by atoms with E-state index >= 15 is 0 Å². The van der Waals surface area contributed by atoms with Gasteiger partial charge >= 0.3 is 0 Å². The van der Waals surface area contributed by atoms with Crippen LogP contribution >= 0.6 is 0 Å². The molecule has 3 aromatic rings. The van der Waals surface area contributed by atoms with Crippen molar-refractivity contribution in [3.05, 3.63) is 77.9 Å². The first-order chi connectivity index (χ1) is 16.8. The first-order valence-corrected chi connectivity index (χ1v) is 12.0. The Balaban J connectivity index is 1.87. The van der Waals surface area contributed by atoms with Crippen LogP contribution in [-0.2, 0) is 14.8 Å². The number of methoxy groups -OCH3 is 3. The number of hydrogen-bond donors (Lipinski definition) is 1. The minimum Gasteiger partial charge on any atom is -0.497 e. The summed E-state index contributed by atoms with van der Waals surface area (Å²) < 4.78 is 43.8. The molecule has 0 aliphatic heterocycles. The number of rotatable bonds is 10. The normalized spacial score (nSPS) is 11.2. The number of anilines is 1. The van der Waals surface area contributed by atoms with Crippen LogP contribution in [-0.4, -0.2) is 48.4 Å². The number of nitrogens with one attached hydrogen (secondary N) is 1. The number of amides is 1. The summed E-state index contributed by atoms with van der Waals surface area (Å²) in [5.41, 5.74) is 4.14. The largest absolute Gasteiger partial charge is 0.497 e. The Morgan fingerprint density at radius 3 is 2.34 bits per heavy atom.